The van der Waals surface area contributed by atoms with Crippen molar-refractivity contribution >= 4 is 11.7 Å². The third-order valence-electron chi connectivity index (χ3n) is 4.03. The van der Waals surface area contributed by atoms with Gasteiger partial charge in [-0.3, -0.25) is 9.59 Å². The summed E-state index contributed by atoms with van der Waals surface area (Å²) in [6, 6.07) is 14.9. The summed E-state index contributed by atoms with van der Waals surface area (Å²) < 4.78 is 5.69. The van der Waals surface area contributed by atoms with Crippen LogP contribution in [0.4, 0.5) is 0 Å². The van der Waals surface area contributed by atoms with Crippen LogP contribution in [0, 0.1) is 12.8 Å². The molecule has 118 valence electrons. The molecule has 0 bridgehead atoms. The van der Waals surface area contributed by atoms with Gasteiger partial charge in [0, 0.05) is 18.0 Å². The van der Waals surface area contributed by atoms with Gasteiger partial charge in [0.25, 0.3) is 5.91 Å². The number of benzene rings is 2. The van der Waals surface area contributed by atoms with Gasteiger partial charge < -0.3 is 10.1 Å². The molecule has 23 heavy (non-hydrogen) atoms. The van der Waals surface area contributed by atoms with E-state index in [1.807, 2.05) is 43.3 Å². The first kappa shape index (κ1) is 15.3. The topological polar surface area (TPSA) is 55.4 Å². The molecule has 4 heteroatoms. The highest BCUT2D eigenvalue weighted by Gasteiger charge is 2.22. The number of hydrogen-bond donors (Lipinski definition) is 1. The lowest BCUT2D eigenvalue weighted by Crippen LogP contribution is -2.38. The zero-order chi connectivity index (χ0) is 16.2. The Hall–Kier alpha value is -2.62. The van der Waals surface area contributed by atoms with Gasteiger partial charge in [0.15, 0.2) is 0 Å². The van der Waals surface area contributed by atoms with Crippen LogP contribution >= 0.6 is 0 Å². The van der Waals surface area contributed by atoms with Gasteiger partial charge in [-0.15, -0.1) is 0 Å². The average molecular weight is 309 g/mol. The second kappa shape index (κ2) is 6.65. The van der Waals surface area contributed by atoms with E-state index in [-0.39, 0.29) is 5.92 Å². The number of carbonyl (C=O) groups is 2. The SMILES string of the molecule is Cc1ccc(C(=O)C(=O)NCC2COc3ccccc3C2)cc1. The predicted octanol–water partition coefficient (Wildman–Crippen LogP) is 2.55. The molecular weight excluding hydrogens is 290 g/mol. The maximum atomic E-state index is 12.1. The quantitative estimate of drug-likeness (QED) is 0.697. The van der Waals surface area contributed by atoms with E-state index >= 15 is 0 Å². The van der Waals surface area contributed by atoms with Crippen molar-refractivity contribution in [2.45, 2.75) is 13.3 Å². The monoisotopic (exact) mass is 309 g/mol. The average Bonchev–Trinajstić information content (AvgIpc) is 2.59. The summed E-state index contributed by atoms with van der Waals surface area (Å²) in [6.07, 6.45) is 0.842. The van der Waals surface area contributed by atoms with Crippen LogP contribution < -0.4 is 10.1 Å². The predicted molar refractivity (Wildman–Crippen MR) is 87.7 cm³/mol. The third-order valence-corrected chi connectivity index (χ3v) is 4.03. The lowest BCUT2D eigenvalue weighted by molar-refractivity contribution is -0.117. The molecule has 1 amide bonds. The molecule has 1 aliphatic rings. The minimum atomic E-state index is -0.562. The van der Waals surface area contributed by atoms with Gasteiger partial charge in [-0.05, 0) is 25.0 Å². The summed E-state index contributed by atoms with van der Waals surface area (Å²) in [5.41, 5.74) is 2.61. The van der Waals surface area contributed by atoms with E-state index in [2.05, 4.69) is 5.32 Å². The molecule has 0 aliphatic carbocycles. The van der Waals surface area contributed by atoms with E-state index in [1.54, 1.807) is 12.1 Å². The van der Waals surface area contributed by atoms with E-state index in [4.69, 9.17) is 4.74 Å². The number of rotatable bonds is 4. The normalized spacial score (nSPS) is 16.1. The van der Waals surface area contributed by atoms with Gasteiger partial charge in [0.1, 0.15) is 5.75 Å². The Morgan fingerprint density at radius 3 is 2.65 bits per heavy atom. The van der Waals surface area contributed by atoms with Crippen molar-refractivity contribution in [2.24, 2.45) is 5.92 Å². The number of Topliss-reactive ketones (excluding diaryl/α,β-unsaturated/α-hetero) is 1. The highest BCUT2D eigenvalue weighted by molar-refractivity contribution is 6.42. The second-order valence-electron chi connectivity index (χ2n) is 5.89. The first-order chi connectivity index (χ1) is 11.1. The van der Waals surface area contributed by atoms with Crippen molar-refractivity contribution in [3.05, 3.63) is 65.2 Å². The summed E-state index contributed by atoms with van der Waals surface area (Å²) in [7, 11) is 0. The number of amides is 1. The molecule has 1 aliphatic heterocycles. The molecule has 0 saturated carbocycles. The molecule has 0 spiro atoms. The summed E-state index contributed by atoms with van der Waals surface area (Å²) in [5.74, 6) is 0.0281. The minimum Gasteiger partial charge on any atom is -0.493 e. The maximum Gasteiger partial charge on any atom is 0.292 e. The zero-order valence-corrected chi connectivity index (χ0v) is 13.0. The maximum absolute atomic E-state index is 12.1. The molecule has 1 atom stereocenters. The molecule has 3 rings (SSSR count). The van der Waals surface area contributed by atoms with Gasteiger partial charge in [-0.25, -0.2) is 0 Å². The van der Waals surface area contributed by atoms with Crippen LogP contribution in [0.25, 0.3) is 0 Å². The Bertz CT molecular complexity index is 722. The van der Waals surface area contributed by atoms with Gasteiger partial charge in [-0.1, -0.05) is 48.0 Å². The number of nitrogens with one attached hydrogen (secondary N) is 1. The molecular formula is C19H19NO3. The zero-order valence-electron chi connectivity index (χ0n) is 13.0. The summed E-state index contributed by atoms with van der Waals surface area (Å²) in [4.78, 5) is 24.1. The smallest absolute Gasteiger partial charge is 0.292 e. The van der Waals surface area contributed by atoms with Crippen molar-refractivity contribution < 1.29 is 14.3 Å². The molecule has 0 fully saturated rings. The van der Waals surface area contributed by atoms with E-state index in [0.717, 1.165) is 23.3 Å². The number of aryl methyl sites for hydroxylation is 1. The van der Waals surface area contributed by atoms with Crippen LogP contribution in [0.15, 0.2) is 48.5 Å². The molecule has 2 aromatic carbocycles. The minimum absolute atomic E-state index is 0.180. The van der Waals surface area contributed by atoms with Crippen molar-refractivity contribution in [2.75, 3.05) is 13.2 Å². The third kappa shape index (κ3) is 3.59. The van der Waals surface area contributed by atoms with E-state index in [0.29, 0.717) is 18.7 Å². The van der Waals surface area contributed by atoms with Crippen LogP contribution in [0.2, 0.25) is 0 Å². The molecule has 2 aromatic rings. The summed E-state index contributed by atoms with van der Waals surface area (Å²) in [5, 5.41) is 2.73. The standard InChI is InChI=1S/C19H19NO3/c1-13-6-8-15(9-7-13)18(21)19(22)20-11-14-10-16-4-2-3-5-17(16)23-12-14/h2-9,14H,10-12H2,1H3,(H,20,22). The van der Waals surface area contributed by atoms with E-state index in [1.165, 1.54) is 0 Å². The van der Waals surface area contributed by atoms with Crippen molar-refractivity contribution in [3.63, 3.8) is 0 Å². The fourth-order valence-corrected chi connectivity index (χ4v) is 2.68. The molecule has 1 heterocycles. The molecule has 1 N–H and O–H groups in total. The second-order valence-corrected chi connectivity index (χ2v) is 5.89. The fourth-order valence-electron chi connectivity index (χ4n) is 2.68. The molecule has 0 aromatic heterocycles. The van der Waals surface area contributed by atoms with Gasteiger partial charge in [-0.2, -0.15) is 0 Å². The lowest BCUT2D eigenvalue weighted by Gasteiger charge is -2.25. The van der Waals surface area contributed by atoms with Crippen LogP contribution in [-0.4, -0.2) is 24.8 Å². The van der Waals surface area contributed by atoms with Crippen LogP contribution in [0.1, 0.15) is 21.5 Å². The van der Waals surface area contributed by atoms with Crippen molar-refractivity contribution in [3.8, 4) is 5.75 Å². The fraction of sp³-hybridized carbons (Fsp3) is 0.263. The first-order valence-electron chi connectivity index (χ1n) is 7.73. The largest absolute Gasteiger partial charge is 0.493 e. The number of ether oxygens (including phenoxy) is 1. The Morgan fingerprint density at radius 2 is 1.87 bits per heavy atom. The number of para-hydroxylation sites is 1. The van der Waals surface area contributed by atoms with Crippen molar-refractivity contribution in [1.29, 1.82) is 0 Å². The van der Waals surface area contributed by atoms with Crippen LogP contribution in [-0.2, 0) is 11.2 Å². The lowest BCUT2D eigenvalue weighted by atomic mass is 9.96. The van der Waals surface area contributed by atoms with E-state index < -0.39 is 11.7 Å². The molecule has 4 nitrogen and oxygen atoms in total. The highest BCUT2D eigenvalue weighted by Crippen LogP contribution is 2.26. The number of fused-ring (bicyclic) bond motifs is 1. The molecule has 0 radical (unpaired) electrons. The Morgan fingerprint density at radius 1 is 1.13 bits per heavy atom. The van der Waals surface area contributed by atoms with Crippen LogP contribution in [0.3, 0.4) is 0 Å². The van der Waals surface area contributed by atoms with Crippen LogP contribution in [0.5, 0.6) is 5.75 Å². The Kier molecular flexibility index (Phi) is 4.42. The Labute approximate surface area is 135 Å². The van der Waals surface area contributed by atoms with Crippen molar-refractivity contribution in [1.82, 2.24) is 5.32 Å². The van der Waals surface area contributed by atoms with Gasteiger partial charge >= 0.3 is 0 Å². The van der Waals surface area contributed by atoms with E-state index in [9.17, 15) is 9.59 Å². The molecule has 0 saturated heterocycles. The number of carbonyl (C=O) groups excluding carboxylic acids is 2. The number of ketones is 1. The highest BCUT2D eigenvalue weighted by atomic mass is 16.5. The summed E-state index contributed by atoms with van der Waals surface area (Å²) >= 11 is 0. The van der Waals surface area contributed by atoms with Gasteiger partial charge in [0.05, 0.1) is 6.61 Å². The first-order valence-corrected chi connectivity index (χ1v) is 7.73. The Balaban J connectivity index is 1.55. The van der Waals surface area contributed by atoms with Gasteiger partial charge in [0.2, 0.25) is 5.78 Å². The molecule has 1 unspecified atom stereocenters. The summed E-state index contributed by atoms with van der Waals surface area (Å²) in [6.45, 7) is 2.93. The number of hydrogen-bond acceptors (Lipinski definition) is 3.